The Labute approximate surface area is 106 Å². The fourth-order valence-corrected chi connectivity index (χ4v) is 2.17. The second-order valence-electron chi connectivity index (χ2n) is 4.60. The van der Waals surface area contributed by atoms with Crippen molar-refractivity contribution in [1.29, 1.82) is 0 Å². The summed E-state index contributed by atoms with van der Waals surface area (Å²) in [5.41, 5.74) is 0. The van der Waals surface area contributed by atoms with Crippen LogP contribution in [0.2, 0.25) is 0 Å². The summed E-state index contributed by atoms with van der Waals surface area (Å²) in [5, 5.41) is 14.0. The lowest BCUT2D eigenvalue weighted by Gasteiger charge is -2.25. The van der Waals surface area contributed by atoms with E-state index in [1.807, 2.05) is 0 Å². The van der Waals surface area contributed by atoms with E-state index in [4.69, 9.17) is 5.11 Å². The maximum absolute atomic E-state index is 11.8. The lowest BCUT2D eigenvalue weighted by atomic mass is 9.81. The maximum Gasteiger partial charge on any atom is 0.306 e. The SMILES string of the molecule is CNC(=O)CCNC(=O)C1CCC(C(=O)O)CC1. The highest BCUT2D eigenvalue weighted by molar-refractivity contribution is 5.80. The number of aliphatic carboxylic acids is 1. The Bertz CT molecular complexity index is 322. The van der Waals surface area contributed by atoms with Gasteiger partial charge >= 0.3 is 5.97 Å². The number of rotatable bonds is 5. The topological polar surface area (TPSA) is 95.5 Å². The molecule has 3 N–H and O–H groups in total. The van der Waals surface area contributed by atoms with Crippen LogP contribution in [0.25, 0.3) is 0 Å². The zero-order chi connectivity index (χ0) is 13.5. The van der Waals surface area contributed by atoms with Crippen molar-refractivity contribution in [2.75, 3.05) is 13.6 Å². The van der Waals surface area contributed by atoms with Gasteiger partial charge < -0.3 is 15.7 Å². The highest BCUT2D eigenvalue weighted by atomic mass is 16.4. The van der Waals surface area contributed by atoms with Crippen molar-refractivity contribution in [3.63, 3.8) is 0 Å². The third-order valence-electron chi connectivity index (χ3n) is 3.38. The van der Waals surface area contributed by atoms with Crippen LogP contribution < -0.4 is 10.6 Å². The molecule has 18 heavy (non-hydrogen) atoms. The van der Waals surface area contributed by atoms with Crippen LogP contribution in [0.15, 0.2) is 0 Å². The molecular formula is C12H20N2O4. The van der Waals surface area contributed by atoms with Crippen LogP contribution in [-0.4, -0.2) is 36.5 Å². The zero-order valence-electron chi connectivity index (χ0n) is 10.6. The number of carboxylic acids is 1. The van der Waals surface area contributed by atoms with Gasteiger partial charge in [-0.3, -0.25) is 14.4 Å². The quantitative estimate of drug-likeness (QED) is 0.651. The minimum Gasteiger partial charge on any atom is -0.481 e. The van der Waals surface area contributed by atoms with E-state index in [1.165, 1.54) is 0 Å². The van der Waals surface area contributed by atoms with Gasteiger partial charge in [0.15, 0.2) is 0 Å². The summed E-state index contributed by atoms with van der Waals surface area (Å²) in [7, 11) is 1.55. The highest BCUT2D eigenvalue weighted by Gasteiger charge is 2.29. The Kier molecular flexibility index (Phi) is 5.61. The van der Waals surface area contributed by atoms with Gasteiger partial charge in [0.1, 0.15) is 0 Å². The molecule has 0 unspecified atom stereocenters. The first-order valence-corrected chi connectivity index (χ1v) is 6.25. The van der Waals surface area contributed by atoms with Crippen molar-refractivity contribution in [2.24, 2.45) is 11.8 Å². The molecule has 0 aromatic carbocycles. The summed E-state index contributed by atoms with van der Waals surface area (Å²) in [6, 6.07) is 0. The summed E-state index contributed by atoms with van der Waals surface area (Å²) in [6.45, 7) is 0.331. The molecule has 0 saturated heterocycles. The van der Waals surface area contributed by atoms with Gasteiger partial charge in [-0.1, -0.05) is 0 Å². The van der Waals surface area contributed by atoms with Crippen LogP contribution >= 0.6 is 0 Å². The van der Waals surface area contributed by atoms with Crippen LogP contribution in [0.1, 0.15) is 32.1 Å². The summed E-state index contributed by atoms with van der Waals surface area (Å²) in [6.07, 6.45) is 2.62. The molecule has 1 rings (SSSR count). The molecule has 0 radical (unpaired) electrons. The van der Waals surface area contributed by atoms with Crippen LogP contribution in [-0.2, 0) is 14.4 Å². The van der Waals surface area contributed by atoms with Crippen molar-refractivity contribution >= 4 is 17.8 Å². The Hall–Kier alpha value is -1.59. The third-order valence-corrected chi connectivity index (χ3v) is 3.38. The molecule has 0 atom stereocenters. The Morgan fingerprint density at radius 2 is 1.67 bits per heavy atom. The van der Waals surface area contributed by atoms with Crippen LogP contribution in [0.4, 0.5) is 0 Å². The largest absolute Gasteiger partial charge is 0.481 e. The molecule has 1 saturated carbocycles. The van der Waals surface area contributed by atoms with Crippen molar-refractivity contribution in [2.45, 2.75) is 32.1 Å². The van der Waals surface area contributed by atoms with Crippen LogP contribution in [0, 0.1) is 11.8 Å². The number of nitrogens with one attached hydrogen (secondary N) is 2. The Balaban J connectivity index is 2.24. The zero-order valence-corrected chi connectivity index (χ0v) is 10.6. The molecule has 6 heteroatoms. The lowest BCUT2D eigenvalue weighted by molar-refractivity contribution is -0.144. The molecule has 0 aliphatic heterocycles. The normalized spacial score (nSPS) is 23.2. The predicted octanol–water partition coefficient (Wildman–Crippen LogP) is 0.130. The minimum atomic E-state index is -0.770. The van der Waals surface area contributed by atoms with Gasteiger partial charge in [0.2, 0.25) is 11.8 Å². The van der Waals surface area contributed by atoms with Crippen molar-refractivity contribution in [1.82, 2.24) is 10.6 Å². The van der Waals surface area contributed by atoms with Gasteiger partial charge in [-0.2, -0.15) is 0 Å². The monoisotopic (exact) mass is 256 g/mol. The standard InChI is InChI=1S/C12H20N2O4/c1-13-10(15)6-7-14-11(16)8-2-4-9(5-3-8)12(17)18/h8-9H,2-7H2,1H3,(H,13,15)(H,14,16)(H,17,18). The molecule has 2 amide bonds. The number of carbonyl (C=O) groups is 3. The number of amides is 2. The molecule has 1 aliphatic carbocycles. The smallest absolute Gasteiger partial charge is 0.306 e. The first-order chi connectivity index (χ1) is 8.54. The van der Waals surface area contributed by atoms with Gasteiger partial charge in [-0.25, -0.2) is 0 Å². The van der Waals surface area contributed by atoms with Crippen LogP contribution in [0.5, 0.6) is 0 Å². The lowest BCUT2D eigenvalue weighted by Crippen LogP contribution is -2.36. The molecule has 102 valence electrons. The van der Waals surface area contributed by atoms with Gasteiger partial charge in [-0.05, 0) is 25.7 Å². The molecule has 0 bridgehead atoms. The average Bonchev–Trinajstić information content (AvgIpc) is 2.38. The molecule has 0 aromatic heterocycles. The summed E-state index contributed by atoms with van der Waals surface area (Å²) < 4.78 is 0. The second-order valence-corrected chi connectivity index (χ2v) is 4.60. The van der Waals surface area contributed by atoms with Crippen LogP contribution in [0.3, 0.4) is 0 Å². The maximum atomic E-state index is 11.8. The van der Waals surface area contributed by atoms with Crippen molar-refractivity contribution in [3.8, 4) is 0 Å². The number of hydrogen-bond donors (Lipinski definition) is 3. The Morgan fingerprint density at radius 3 is 2.17 bits per heavy atom. The van der Waals surface area contributed by atoms with E-state index in [1.54, 1.807) is 7.05 Å². The summed E-state index contributed by atoms with van der Waals surface area (Å²) >= 11 is 0. The van der Waals surface area contributed by atoms with Gasteiger partial charge in [0.05, 0.1) is 5.92 Å². The van der Waals surface area contributed by atoms with E-state index in [9.17, 15) is 14.4 Å². The molecular weight excluding hydrogens is 236 g/mol. The Morgan fingerprint density at radius 1 is 1.11 bits per heavy atom. The first-order valence-electron chi connectivity index (χ1n) is 6.25. The molecule has 1 fully saturated rings. The molecule has 0 aromatic rings. The molecule has 0 heterocycles. The van der Waals surface area contributed by atoms with E-state index in [0.29, 0.717) is 32.2 Å². The fourth-order valence-electron chi connectivity index (χ4n) is 2.17. The van der Waals surface area contributed by atoms with E-state index in [0.717, 1.165) is 0 Å². The number of carbonyl (C=O) groups excluding carboxylic acids is 2. The van der Waals surface area contributed by atoms with E-state index >= 15 is 0 Å². The van der Waals surface area contributed by atoms with Gasteiger partial charge in [0.25, 0.3) is 0 Å². The van der Waals surface area contributed by atoms with Crippen molar-refractivity contribution in [3.05, 3.63) is 0 Å². The van der Waals surface area contributed by atoms with Gasteiger partial charge in [0, 0.05) is 25.9 Å². The average molecular weight is 256 g/mol. The molecule has 1 aliphatic rings. The highest BCUT2D eigenvalue weighted by Crippen LogP contribution is 2.28. The summed E-state index contributed by atoms with van der Waals surface area (Å²) in [4.78, 5) is 33.5. The first kappa shape index (κ1) is 14.5. The molecule has 6 nitrogen and oxygen atoms in total. The van der Waals surface area contributed by atoms with E-state index in [-0.39, 0.29) is 30.1 Å². The number of hydrogen-bond acceptors (Lipinski definition) is 3. The summed E-state index contributed by atoms with van der Waals surface area (Å²) in [5.74, 6) is -1.36. The second kappa shape index (κ2) is 6.98. The van der Waals surface area contributed by atoms with E-state index < -0.39 is 5.97 Å². The number of carboxylic acid groups (broad SMARTS) is 1. The predicted molar refractivity (Wildman–Crippen MR) is 64.8 cm³/mol. The van der Waals surface area contributed by atoms with Gasteiger partial charge in [-0.15, -0.1) is 0 Å². The molecule has 0 spiro atoms. The van der Waals surface area contributed by atoms with E-state index in [2.05, 4.69) is 10.6 Å². The fraction of sp³-hybridized carbons (Fsp3) is 0.750. The van der Waals surface area contributed by atoms with Crippen molar-refractivity contribution < 1.29 is 19.5 Å². The minimum absolute atomic E-state index is 0.0669. The third kappa shape index (κ3) is 4.35.